The summed E-state index contributed by atoms with van der Waals surface area (Å²) in [4.78, 5) is 34.5. The summed E-state index contributed by atoms with van der Waals surface area (Å²) in [5.74, 6) is -0.151. The number of esters is 1. The van der Waals surface area contributed by atoms with Crippen molar-refractivity contribution in [1.82, 2.24) is 9.97 Å². The molecule has 3 aromatic heterocycles. The Morgan fingerprint density at radius 2 is 1.95 bits per heavy atom. The maximum Gasteiger partial charge on any atom is 0.336 e. The number of aliphatic hydroxyl groups is 2. The standard InChI is InChI=1S/C32H34N4O8/c1-3-19(15-37)31(41)43-24-13-21-28(40)27-23(39)12-20(16-38)42-30(27)22(10-18-7-9-35-26(34)11-18)29(21)44-32(24,2)8-6-17-4-5-25(33)36-14-17/h3-5,7,9,11-12,14,24,37-38,40H,6,8,10,13,15-16H2,1-2H3,(H2,33,36)(H2,34,35). The predicted molar refractivity (Wildman–Crippen MR) is 162 cm³/mol. The maximum absolute atomic E-state index is 13.2. The molecular formula is C32H34N4O8. The van der Waals surface area contributed by atoms with E-state index in [0.717, 1.165) is 17.2 Å². The second-order valence-corrected chi connectivity index (χ2v) is 10.9. The summed E-state index contributed by atoms with van der Waals surface area (Å²) >= 11 is 0. The molecule has 44 heavy (non-hydrogen) atoms. The van der Waals surface area contributed by atoms with Crippen molar-refractivity contribution in [3.63, 3.8) is 0 Å². The van der Waals surface area contributed by atoms with Gasteiger partial charge in [-0.05, 0) is 56.0 Å². The molecule has 0 spiro atoms. The van der Waals surface area contributed by atoms with Gasteiger partial charge in [0.05, 0.1) is 12.2 Å². The lowest BCUT2D eigenvalue weighted by Gasteiger charge is -2.43. The van der Waals surface area contributed by atoms with E-state index in [4.69, 9.17) is 25.4 Å². The van der Waals surface area contributed by atoms with Crippen LogP contribution in [0.1, 0.15) is 48.3 Å². The Bertz CT molecular complexity index is 1800. The number of pyridine rings is 2. The third-order valence-electron chi connectivity index (χ3n) is 7.92. The molecule has 0 aliphatic carbocycles. The first-order chi connectivity index (χ1) is 21.1. The average molecular weight is 603 g/mol. The van der Waals surface area contributed by atoms with E-state index in [2.05, 4.69) is 9.97 Å². The summed E-state index contributed by atoms with van der Waals surface area (Å²) in [5.41, 5.74) is 12.4. The van der Waals surface area contributed by atoms with E-state index in [1.54, 1.807) is 44.4 Å². The Morgan fingerprint density at radius 1 is 1.16 bits per heavy atom. The predicted octanol–water partition coefficient (Wildman–Crippen LogP) is 2.71. The average Bonchev–Trinajstić information content (AvgIpc) is 3.00. The molecule has 1 aromatic carbocycles. The van der Waals surface area contributed by atoms with Gasteiger partial charge in [-0.3, -0.25) is 4.79 Å². The Labute approximate surface area is 252 Å². The van der Waals surface area contributed by atoms with Crippen LogP contribution in [-0.2, 0) is 35.4 Å². The summed E-state index contributed by atoms with van der Waals surface area (Å²) < 4.78 is 18.6. The summed E-state index contributed by atoms with van der Waals surface area (Å²) in [5, 5.41) is 30.9. The van der Waals surface area contributed by atoms with Gasteiger partial charge in [-0.2, -0.15) is 0 Å². The number of nitrogens with two attached hydrogens (primary N) is 2. The van der Waals surface area contributed by atoms with E-state index < -0.39 is 36.3 Å². The number of aryl methyl sites for hydroxylation is 1. The number of nitrogen functional groups attached to an aromatic ring is 2. The Hall–Kier alpha value is -4.94. The van der Waals surface area contributed by atoms with Crippen LogP contribution >= 0.6 is 0 Å². The number of carbonyl (C=O) groups excluding carboxylic acids is 1. The van der Waals surface area contributed by atoms with Crippen molar-refractivity contribution in [3.8, 4) is 11.5 Å². The van der Waals surface area contributed by atoms with Gasteiger partial charge in [-0.25, -0.2) is 14.8 Å². The molecule has 1 aliphatic heterocycles. The molecule has 5 rings (SSSR count). The molecule has 1 aliphatic rings. The van der Waals surface area contributed by atoms with Crippen molar-refractivity contribution in [2.24, 2.45) is 0 Å². The van der Waals surface area contributed by atoms with Crippen molar-refractivity contribution < 1.29 is 34.0 Å². The highest BCUT2D eigenvalue weighted by Crippen LogP contribution is 2.48. The van der Waals surface area contributed by atoms with Crippen molar-refractivity contribution in [2.45, 2.75) is 57.8 Å². The quantitative estimate of drug-likeness (QED) is 0.139. The van der Waals surface area contributed by atoms with Crippen LogP contribution in [0.3, 0.4) is 0 Å². The highest BCUT2D eigenvalue weighted by molar-refractivity contribution is 5.91. The van der Waals surface area contributed by atoms with Gasteiger partial charge in [0.15, 0.2) is 5.43 Å². The number of fused-ring (bicyclic) bond motifs is 2. The maximum atomic E-state index is 13.2. The molecule has 4 heterocycles. The van der Waals surface area contributed by atoms with Crippen molar-refractivity contribution in [2.75, 3.05) is 18.1 Å². The fraction of sp³-hybridized carbons (Fsp3) is 0.312. The Morgan fingerprint density at radius 3 is 2.61 bits per heavy atom. The molecular weight excluding hydrogens is 568 g/mol. The van der Waals surface area contributed by atoms with Gasteiger partial charge in [0.25, 0.3) is 0 Å². The van der Waals surface area contributed by atoms with Crippen LogP contribution in [0.4, 0.5) is 11.6 Å². The number of aliphatic hydroxyl groups excluding tert-OH is 2. The summed E-state index contributed by atoms with van der Waals surface area (Å²) in [6, 6.07) is 8.08. The van der Waals surface area contributed by atoms with Gasteiger partial charge in [0.1, 0.15) is 58.2 Å². The Balaban J connectivity index is 1.69. The lowest BCUT2D eigenvalue weighted by molar-refractivity contribution is -0.159. The second kappa shape index (κ2) is 12.3. The third kappa shape index (κ3) is 5.94. The fourth-order valence-electron chi connectivity index (χ4n) is 5.42. The number of benzene rings is 1. The summed E-state index contributed by atoms with van der Waals surface area (Å²) in [6.07, 6.45) is 4.74. The monoisotopic (exact) mass is 602 g/mol. The van der Waals surface area contributed by atoms with Gasteiger partial charge in [0, 0.05) is 42.4 Å². The number of rotatable bonds is 9. The second-order valence-electron chi connectivity index (χ2n) is 10.9. The molecule has 0 amide bonds. The van der Waals surface area contributed by atoms with Crippen molar-refractivity contribution in [3.05, 3.63) is 92.6 Å². The molecule has 12 nitrogen and oxygen atoms in total. The van der Waals surface area contributed by atoms with E-state index in [9.17, 15) is 24.9 Å². The number of aromatic hydroxyl groups is 1. The Kier molecular flexibility index (Phi) is 8.56. The van der Waals surface area contributed by atoms with Crippen LogP contribution in [0.5, 0.6) is 11.5 Å². The number of hydrogen-bond acceptors (Lipinski definition) is 12. The van der Waals surface area contributed by atoms with Crippen LogP contribution in [-0.4, -0.2) is 49.6 Å². The van der Waals surface area contributed by atoms with Crippen molar-refractivity contribution >= 4 is 28.6 Å². The smallest absolute Gasteiger partial charge is 0.336 e. The largest absolute Gasteiger partial charge is 0.507 e. The topological polar surface area (TPSA) is 204 Å². The molecule has 4 aromatic rings. The molecule has 0 saturated carbocycles. The number of nitrogens with zero attached hydrogens (tertiary/aromatic N) is 2. The zero-order chi connectivity index (χ0) is 31.6. The molecule has 0 saturated heterocycles. The molecule has 0 fully saturated rings. The number of aromatic nitrogens is 2. The van der Waals surface area contributed by atoms with E-state index in [1.165, 1.54) is 6.08 Å². The minimum atomic E-state index is -1.15. The molecule has 0 bridgehead atoms. The fourth-order valence-corrected chi connectivity index (χ4v) is 5.42. The van der Waals surface area contributed by atoms with Gasteiger partial charge < -0.3 is 40.7 Å². The minimum absolute atomic E-state index is 0.00552. The molecule has 2 atom stereocenters. The molecule has 7 N–H and O–H groups in total. The first kappa shape index (κ1) is 30.5. The highest BCUT2D eigenvalue weighted by atomic mass is 16.6. The summed E-state index contributed by atoms with van der Waals surface area (Å²) in [6.45, 7) is 2.36. The van der Waals surface area contributed by atoms with Gasteiger partial charge in [0.2, 0.25) is 0 Å². The number of phenolic OH excluding ortho intramolecular Hbond substituents is 1. The number of carbonyl (C=O) groups is 1. The molecule has 0 radical (unpaired) electrons. The number of hydrogen-bond donors (Lipinski definition) is 5. The van der Waals surface area contributed by atoms with Gasteiger partial charge in [-0.15, -0.1) is 0 Å². The van der Waals surface area contributed by atoms with E-state index >= 15 is 0 Å². The third-order valence-corrected chi connectivity index (χ3v) is 7.92. The molecule has 12 heteroatoms. The highest BCUT2D eigenvalue weighted by Gasteiger charge is 2.46. The van der Waals surface area contributed by atoms with Crippen LogP contribution in [0.25, 0.3) is 11.0 Å². The van der Waals surface area contributed by atoms with Crippen LogP contribution in [0.15, 0.2) is 63.6 Å². The van der Waals surface area contributed by atoms with Crippen LogP contribution in [0.2, 0.25) is 0 Å². The summed E-state index contributed by atoms with van der Waals surface area (Å²) in [7, 11) is 0. The SMILES string of the molecule is CC=C(CO)C(=O)OC1Cc2c(c(Cc3ccnc(N)c3)c3oc(CO)cc(=O)c3c2O)OC1(C)CCc1ccc(N)nc1. The lowest BCUT2D eigenvalue weighted by atomic mass is 9.82. The number of ether oxygens (including phenoxy) is 2. The zero-order valence-electron chi connectivity index (χ0n) is 24.4. The van der Waals surface area contributed by atoms with Gasteiger partial charge in [-0.1, -0.05) is 12.1 Å². The number of anilines is 2. The zero-order valence-corrected chi connectivity index (χ0v) is 24.4. The molecule has 230 valence electrons. The molecule has 2 unspecified atom stereocenters. The van der Waals surface area contributed by atoms with E-state index in [-0.39, 0.29) is 58.0 Å². The first-order valence-corrected chi connectivity index (χ1v) is 14.1. The lowest BCUT2D eigenvalue weighted by Crippen LogP contribution is -2.52. The number of allylic oxidation sites excluding steroid dienone is 1. The van der Waals surface area contributed by atoms with Crippen LogP contribution in [0, 0.1) is 0 Å². The first-order valence-electron chi connectivity index (χ1n) is 14.1. The van der Waals surface area contributed by atoms with Gasteiger partial charge >= 0.3 is 5.97 Å². The van der Waals surface area contributed by atoms with E-state index in [1.807, 2.05) is 6.07 Å². The van der Waals surface area contributed by atoms with Crippen LogP contribution < -0.4 is 21.6 Å². The van der Waals surface area contributed by atoms with E-state index in [0.29, 0.717) is 24.2 Å². The normalized spacial score (nSPS) is 18.1. The number of phenols is 1. The minimum Gasteiger partial charge on any atom is -0.507 e. The van der Waals surface area contributed by atoms with Crippen molar-refractivity contribution in [1.29, 1.82) is 0 Å².